The van der Waals surface area contributed by atoms with E-state index in [1.54, 1.807) is 85.7 Å². The quantitative estimate of drug-likeness (QED) is 0.0995. The highest BCUT2D eigenvalue weighted by atomic mass is 19.3. The number of nitrogens with one attached hydrogen (secondary N) is 4. The minimum absolute atomic E-state index is 0.144. The summed E-state index contributed by atoms with van der Waals surface area (Å²) in [5, 5.41) is 11.4. The molecule has 2 heterocycles. The van der Waals surface area contributed by atoms with E-state index < -0.39 is 23.5 Å². The van der Waals surface area contributed by atoms with Gasteiger partial charge in [-0.25, -0.2) is 17.6 Å². The molecule has 8 rings (SSSR count). The monoisotopic (exact) mass is 822 g/mol. The third-order valence-corrected chi connectivity index (χ3v) is 11.1. The number of carbonyl (C=O) groups is 4. The zero-order chi connectivity index (χ0) is 42.6. The first-order valence-corrected chi connectivity index (χ1v) is 20.0. The number of hydrogen-bond donors (Lipinski definition) is 4. The van der Waals surface area contributed by atoms with Crippen LogP contribution in [0.4, 0.5) is 17.6 Å². The number of amides is 4. The first-order chi connectivity index (χ1) is 28.8. The molecule has 60 heavy (non-hydrogen) atoms. The average Bonchev–Trinajstić information content (AvgIpc) is 3.91. The smallest absolute Gasteiger partial charge is 0.253 e. The minimum Gasteiger partial charge on any atom is -0.355 e. The van der Waals surface area contributed by atoms with Gasteiger partial charge < -0.3 is 30.4 Å². The summed E-state index contributed by atoms with van der Waals surface area (Å²) in [6, 6.07) is 23.3. The molecule has 2 saturated carbocycles. The van der Waals surface area contributed by atoms with E-state index in [1.807, 2.05) is 22.8 Å². The van der Waals surface area contributed by atoms with Gasteiger partial charge in [-0.1, -0.05) is 36.4 Å². The van der Waals surface area contributed by atoms with Gasteiger partial charge in [0.1, 0.15) is 11.6 Å². The van der Waals surface area contributed by atoms with Crippen LogP contribution in [0.2, 0.25) is 0 Å². The maximum absolute atomic E-state index is 14.7. The summed E-state index contributed by atoms with van der Waals surface area (Å²) in [5.41, 5.74) is 4.70. The van der Waals surface area contributed by atoms with Crippen molar-refractivity contribution in [2.75, 3.05) is 20.6 Å². The molecular weight excluding hydrogens is 777 g/mol. The molecular formula is C46H46F4N6O4. The van der Waals surface area contributed by atoms with Gasteiger partial charge in [0.25, 0.3) is 23.6 Å². The summed E-state index contributed by atoms with van der Waals surface area (Å²) in [6.07, 6.45) is 5.44. The Kier molecular flexibility index (Phi) is 12.4. The second-order valence-electron chi connectivity index (χ2n) is 15.4. The van der Waals surface area contributed by atoms with Crippen LogP contribution in [-0.2, 0) is 13.1 Å². The van der Waals surface area contributed by atoms with Gasteiger partial charge >= 0.3 is 0 Å². The first kappa shape index (κ1) is 41.7. The molecule has 0 bridgehead atoms. The van der Waals surface area contributed by atoms with E-state index in [1.165, 1.54) is 12.1 Å². The van der Waals surface area contributed by atoms with E-state index >= 15 is 0 Å². The SMILES string of the molecule is CNC(=O)c1ccc(Cn2cc(C(=O)NC3CCC(F)(F)CC3)c3c(F)cccc32)cc1.CNC(=O)c1ccc(Cn2cc(C(=O)NCC3CC3)c3c(F)cccc32)cc1. The van der Waals surface area contributed by atoms with Gasteiger partial charge in [0.05, 0.1) is 22.2 Å². The number of carbonyl (C=O) groups excluding carboxylic acids is 4. The topological polar surface area (TPSA) is 126 Å². The van der Waals surface area contributed by atoms with E-state index in [0.29, 0.717) is 58.7 Å². The largest absolute Gasteiger partial charge is 0.355 e. The lowest BCUT2D eigenvalue weighted by molar-refractivity contribution is -0.0399. The van der Waals surface area contributed by atoms with Gasteiger partial charge in [-0.15, -0.1) is 0 Å². The summed E-state index contributed by atoms with van der Waals surface area (Å²) in [6.45, 7) is 1.49. The van der Waals surface area contributed by atoms with Crippen LogP contribution in [0.1, 0.15) is 91.1 Å². The number of nitrogens with zero attached hydrogens (tertiary/aromatic N) is 2. The summed E-state index contributed by atoms with van der Waals surface area (Å²) in [7, 11) is 3.15. The molecule has 2 aromatic heterocycles. The van der Waals surface area contributed by atoms with Gasteiger partial charge in [-0.3, -0.25) is 19.2 Å². The highest BCUT2D eigenvalue weighted by Gasteiger charge is 2.36. The Morgan fingerprint density at radius 1 is 0.617 bits per heavy atom. The number of rotatable bonds is 11. The van der Waals surface area contributed by atoms with Gasteiger partial charge in [-0.2, -0.15) is 0 Å². The standard InChI is InChI=1S/C24H24F3N3O2.C22H22FN3O2/c1-28-22(31)16-7-5-15(6-8-16)13-30-14-18(21-19(25)3-2-4-20(21)30)23(32)29-17-9-11-24(26,27)12-10-17;1-24-21(27)16-9-7-15(8-10-16)12-26-13-17(22(28)25-11-14-5-6-14)20-18(23)3-2-4-19(20)26/h2-8,14,17H,9-13H2,1H3,(H,28,31)(H,29,32);2-4,7-10,13-14H,5-6,11-12H2,1H3,(H,24,27)(H,25,28). The predicted octanol–water partition coefficient (Wildman–Crippen LogP) is 7.82. The maximum atomic E-state index is 14.7. The number of benzene rings is 4. The first-order valence-electron chi connectivity index (χ1n) is 20.0. The van der Waals surface area contributed by atoms with Crippen molar-refractivity contribution in [2.24, 2.45) is 5.92 Å². The van der Waals surface area contributed by atoms with E-state index in [0.717, 1.165) is 24.0 Å². The molecule has 0 spiro atoms. The zero-order valence-electron chi connectivity index (χ0n) is 33.3. The Morgan fingerprint density at radius 2 is 1.07 bits per heavy atom. The summed E-state index contributed by atoms with van der Waals surface area (Å²) in [5.74, 6) is -4.09. The van der Waals surface area contributed by atoms with Gasteiger partial charge in [0.2, 0.25) is 5.92 Å². The van der Waals surface area contributed by atoms with Gasteiger partial charge in [0, 0.05) is 86.9 Å². The van der Waals surface area contributed by atoms with Crippen molar-refractivity contribution in [3.63, 3.8) is 0 Å². The van der Waals surface area contributed by atoms with Crippen LogP contribution in [0.5, 0.6) is 0 Å². The maximum Gasteiger partial charge on any atom is 0.253 e. The van der Waals surface area contributed by atoms with Crippen LogP contribution in [0.3, 0.4) is 0 Å². The van der Waals surface area contributed by atoms with Crippen LogP contribution < -0.4 is 21.3 Å². The van der Waals surface area contributed by atoms with Crippen LogP contribution in [0.15, 0.2) is 97.3 Å². The Balaban J connectivity index is 0.000000183. The van der Waals surface area contributed by atoms with Gasteiger partial charge in [0.15, 0.2) is 0 Å². The minimum atomic E-state index is -2.68. The Labute approximate surface area is 344 Å². The molecule has 14 heteroatoms. The lowest BCUT2D eigenvalue weighted by Gasteiger charge is -2.28. The number of hydrogen-bond acceptors (Lipinski definition) is 4. The second kappa shape index (κ2) is 17.8. The fraction of sp³-hybridized carbons (Fsp3) is 0.304. The fourth-order valence-electron chi connectivity index (χ4n) is 7.53. The van der Waals surface area contributed by atoms with E-state index in [-0.39, 0.29) is 60.4 Å². The van der Waals surface area contributed by atoms with Crippen LogP contribution in [0.25, 0.3) is 21.8 Å². The lowest BCUT2D eigenvalue weighted by atomic mass is 9.92. The van der Waals surface area contributed by atoms with Crippen molar-refractivity contribution in [3.05, 3.63) is 142 Å². The number of aromatic nitrogens is 2. The molecule has 0 radical (unpaired) electrons. The Morgan fingerprint density at radius 3 is 1.50 bits per heavy atom. The van der Waals surface area contributed by atoms with Crippen molar-refractivity contribution < 1.29 is 36.7 Å². The molecule has 0 atom stereocenters. The van der Waals surface area contributed by atoms with E-state index in [4.69, 9.17) is 0 Å². The summed E-state index contributed by atoms with van der Waals surface area (Å²) >= 11 is 0. The normalized spacial score (nSPS) is 14.9. The molecule has 0 aliphatic heterocycles. The molecule has 0 unspecified atom stereocenters. The van der Waals surface area contributed by atoms with Crippen molar-refractivity contribution in [3.8, 4) is 0 Å². The molecule has 6 aromatic rings. The van der Waals surface area contributed by atoms with Gasteiger partial charge in [-0.05, 0) is 91.3 Å². The van der Waals surface area contributed by atoms with Crippen molar-refractivity contribution >= 4 is 45.4 Å². The molecule has 4 N–H and O–H groups in total. The molecule has 2 aliphatic carbocycles. The third-order valence-electron chi connectivity index (χ3n) is 11.1. The number of alkyl halides is 2. The number of halogens is 4. The molecule has 2 aliphatic rings. The van der Waals surface area contributed by atoms with E-state index in [9.17, 15) is 36.7 Å². The molecule has 4 aromatic carbocycles. The summed E-state index contributed by atoms with van der Waals surface area (Å²) in [4.78, 5) is 49.0. The Hall–Kier alpha value is -6.44. The highest BCUT2D eigenvalue weighted by molar-refractivity contribution is 6.08. The zero-order valence-corrected chi connectivity index (χ0v) is 33.3. The van der Waals surface area contributed by atoms with Crippen LogP contribution in [-0.4, -0.2) is 65.4 Å². The van der Waals surface area contributed by atoms with Crippen LogP contribution >= 0.6 is 0 Å². The number of fused-ring (bicyclic) bond motifs is 2. The van der Waals surface area contributed by atoms with Crippen molar-refractivity contribution in [1.82, 2.24) is 30.4 Å². The Bertz CT molecular complexity index is 2530. The fourth-order valence-corrected chi connectivity index (χ4v) is 7.53. The highest BCUT2D eigenvalue weighted by Crippen LogP contribution is 2.34. The molecule has 0 saturated heterocycles. The average molecular weight is 823 g/mol. The third kappa shape index (κ3) is 9.54. The second-order valence-corrected chi connectivity index (χ2v) is 15.4. The lowest BCUT2D eigenvalue weighted by Crippen LogP contribution is -2.40. The molecule has 312 valence electrons. The summed E-state index contributed by atoms with van der Waals surface area (Å²) < 4.78 is 59.7. The van der Waals surface area contributed by atoms with E-state index in [2.05, 4.69) is 21.3 Å². The molecule has 10 nitrogen and oxygen atoms in total. The van der Waals surface area contributed by atoms with Crippen molar-refractivity contribution in [2.45, 2.75) is 63.6 Å². The predicted molar refractivity (Wildman–Crippen MR) is 221 cm³/mol. The molecule has 2 fully saturated rings. The molecule has 4 amide bonds. The van der Waals surface area contributed by atoms with Crippen molar-refractivity contribution in [1.29, 1.82) is 0 Å². The van der Waals surface area contributed by atoms with Crippen LogP contribution in [0, 0.1) is 17.6 Å².